The zero-order valence-electron chi connectivity index (χ0n) is 11.5. The Balaban J connectivity index is 2.19. The van der Waals surface area contributed by atoms with Crippen LogP contribution in [0.25, 0.3) is 10.1 Å². The van der Waals surface area contributed by atoms with Gasteiger partial charge < -0.3 is 15.8 Å². The van der Waals surface area contributed by atoms with E-state index in [4.69, 9.17) is 33.7 Å². The van der Waals surface area contributed by atoms with E-state index in [-0.39, 0.29) is 22.4 Å². The first-order chi connectivity index (χ1) is 10.4. The summed E-state index contributed by atoms with van der Waals surface area (Å²) in [6.45, 7) is 0. The number of ether oxygens (including phenoxy) is 1. The van der Waals surface area contributed by atoms with Crippen LogP contribution in [0.4, 0.5) is 5.00 Å². The van der Waals surface area contributed by atoms with Crippen molar-refractivity contribution in [2.24, 2.45) is 11.7 Å². The van der Waals surface area contributed by atoms with Crippen LogP contribution in [0.2, 0.25) is 10.0 Å². The highest BCUT2D eigenvalue weighted by atomic mass is 35.5. The van der Waals surface area contributed by atoms with Crippen LogP contribution in [0, 0.1) is 5.92 Å². The van der Waals surface area contributed by atoms with Gasteiger partial charge in [-0.05, 0) is 18.9 Å². The van der Waals surface area contributed by atoms with Gasteiger partial charge in [0.25, 0.3) is 5.91 Å². The number of nitrogens with two attached hydrogens (primary N) is 1. The molecule has 1 aliphatic carbocycles. The Morgan fingerprint density at radius 2 is 2.09 bits per heavy atom. The molecule has 0 unspecified atom stereocenters. The first-order valence-corrected chi connectivity index (χ1v) is 8.10. The summed E-state index contributed by atoms with van der Waals surface area (Å²) >= 11 is 13.6. The largest absolute Gasteiger partial charge is 0.494 e. The predicted molar refractivity (Wildman–Crippen MR) is 88.3 cm³/mol. The lowest BCUT2D eigenvalue weighted by atomic mass is 10.1. The van der Waals surface area contributed by atoms with Gasteiger partial charge in [0.2, 0.25) is 5.91 Å². The molecule has 2 amide bonds. The Bertz CT molecular complexity index is 799. The van der Waals surface area contributed by atoms with Crippen LogP contribution in [0.1, 0.15) is 23.2 Å². The second-order valence-corrected chi connectivity index (χ2v) is 6.82. The molecule has 1 fully saturated rings. The molecule has 0 bridgehead atoms. The molecule has 5 nitrogen and oxygen atoms in total. The molecule has 22 heavy (non-hydrogen) atoms. The first-order valence-electron chi connectivity index (χ1n) is 6.53. The number of halogens is 2. The number of carbonyl (C=O) groups is 2. The Labute approximate surface area is 140 Å². The van der Waals surface area contributed by atoms with Gasteiger partial charge >= 0.3 is 0 Å². The van der Waals surface area contributed by atoms with Crippen LogP contribution in [0.3, 0.4) is 0 Å². The lowest BCUT2D eigenvalue weighted by Crippen LogP contribution is -2.17. The van der Waals surface area contributed by atoms with E-state index in [1.165, 1.54) is 18.4 Å². The molecule has 8 heteroatoms. The minimum Gasteiger partial charge on any atom is -0.494 e. The lowest BCUT2D eigenvalue weighted by Gasteiger charge is -2.06. The van der Waals surface area contributed by atoms with Crippen LogP contribution < -0.4 is 15.8 Å². The van der Waals surface area contributed by atoms with Crippen molar-refractivity contribution in [3.05, 3.63) is 21.7 Å². The second kappa shape index (κ2) is 5.61. The highest BCUT2D eigenvalue weighted by Crippen LogP contribution is 2.47. The second-order valence-electron chi connectivity index (χ2n) is 5.02. The van der Waals surface area contributed by atoms with Crippen molar-refractivity contribution in [3.63, 3.8) is 0 Å². The molecule has 1 aliphatic rings. The molecule has 0 saturated heterocycles. The highest BCUT2D eigenvalue weighted by Gasteiger charge is 2.31. The van der Waals surface area contributed by atoms with E-state index in [0.29, 0.717) is 25.9 Å². The summed E-state index contributed by atoms with van der Waals surface area (Å²) in [5, 5.41) is 4.24. The molecule has 1 saturated carbocycles. The molecule has 0 atom stereocenters. The SMILES string of the molecule is COc1c(Cl)cc2c(C(N)=O)c(NC(=O)C3CC3)sc2c1Cl. The maximum atomic E-state index is 12.0. The summed E-state index contributed by atoms with van der Waals surface area (Å²) in [7, 11) is 1.46. The number of amides is 2. The van der Waals surface area contributed by atoms with Gasteiger partial charge in [-0.3, -0.25) is 9.59 Å². The summed E-state index contributed by atoms with van der Waals surface area (Å²) in [4.78, 5) is 23.8. The number of thiophene rings is 1. The number of rotatable bonds is 4. The van der Waals surface area contributed by atoms with Crippen molar-refractivity contribution in [3.8, 4) is 5.75 Å². The van der Waals surface area contributed by atoms with Gasteiger partial charge in [-0.15, -0.1) is 11.3 Å². The smallest absolute Gasteiger partial charge is 0.252 e. The fourth-order valence-corrected chi connectivity index (χ4v) is 4.07. The standard InChI is InChI=1S/C14H12Cl2N2O3S/c1-21-10-7(15)4-6-8(12(17)19)14(22-11(6)9(10)16)18-13(20)5-2-3-5/h4-5H,2-3H2,1H3,(H2,17,19)(H,18,20). The van der Waals surface area contributed by atoms with Crippen LogP contribution in [-0.2, 0) is 4.79 Å². The van der Waals surface area contributed by atoms with Crippen LogP contribution >= 0.6 is 34.5 Å². The topological polar surface area (TPSA) is 81.4 Å². The number of benzene rings is 1. The van der Waals surface area contributed by atoms with E-state index in [0.717, 1.165) is 12.8 Å². The molecule has 1 aromatic heterocycles. The summed E-state index contributed by atoms with van der Waals surface area (Å²) in [6.07, 6.45) is 1.73. The fraction of sp³-hybridized carbons (Fsp3) is 0.286. The Morgan fingerprint density at radius 3 is 2.64 bits per heavy atom. The monoisotopic (exact) mass is 358 g/mol. The van der Waals surface area contributed by atoms with Gasteiger partial charge in [-0.2, -0.15) is 0 Å². The summed E-state index contributed by atoms with van der Waals surface area (Å²) < 4.78 is 5.76. The lowest BCUT2D eigenvalue weighted by molar-refractivity contribution is -0.117. The van der Waals surface area contributed by atoms with E-state index in [9.17, 15) is 9.59 Å². The van der Waals surface area contributed by atoms with Crippen molar-refractivity contribution in [2.45, 2.75) is 12.8 Å². The third kappa shape index (κ3) is 2.51. The number of nitrogens with one attached hydrogen (secondary N) is 1. The van der Waals surface area contributed by atoms with Gasteiger partial charge in [0.15, 0.2) is 5.75 Å². The normalized spacial score (nSPS) is 14.1. The third-order valence-electron chi connectivity index (χ3n) is 3.47. The van der Waals surface area contributed by atoms with E-state index in [2.05, 4.69) is 5.32 Å². The molecule has 0 aliphatic heterocycles. The van der Waals surface area contributed by atoms with Gasteiger partial charge in [-0.1, -0.05) is 23.2 Å². The first kappa shape index (κ1) is 15.4. The molecule has 116 valence electrons. The molecule has 0 radical (unpaired) electrons. The van der Waals surface area contributed by atoms with Crippen molar-refractivity contribution in [2.75, 3.05) is 12.4 Å². The number of hydrogen-bond donors (Lipinski definition) is 2. The van der Waals surface area contributed by atoms with E-state index in [1.54, 1.807) is 6.07 Å². The zero-order chi connectivity index (χ0) is 16.0. The maximum absolute atomic E-state index is 12.0. The number of carbonyl (C=O) groups excluding carboxylic acids is 2. The van der Waals surface area contributed by atoms with Gasteiger partial charge in [-0.25, -0.2) is 0 Å². The Hall–Kier alpha value is -1.50. The summed E-state index contributed by atoms with van der Waals surface area (Å²) in [6, 6.07) is 1.57. The van der Waals surface area contributed by atoms with Crippen molar-refractivity contribution < 1.29 is 14.3 Å². The number of methoxy groups -OCH3 is 1. The Morgan fingerprint density at radius 1 is 1.41 bits per heavy atom. The van der Waals surface area contributed by atoms with Crippen molar-refractivity contribution in [1.29, 1.82) is 0 Å². The maximum Gasteiger partial charge on any atom is 0.252 e. The van der Waals surface area contributed by atoms with E-state index < -0.39 is 5.91 Å². The van der Waals surface area contributed by atoms with Crippen molar-refractivity contribution >= 4 is 61.4 Å². The van der Waals surface area contributed by atoms with E-state index in [1.807, 2.05) is 0 Å². The Kier molecular flexibility index (Phi) is 3.92. The third-order valence-corrected chi connectivity index (χ3v) is 5.36. The highest BCUT2D eigenvalue weighted by molar-refractivity contribution is 7.24. The van der Waals surface area contributed by atoms with Crippen LogP contribution in [0.5, 0.6) is 5.75 Å². The molecular formula is C14H12Cl2N2O3S. The molecule has 0 spiro atoms. The number of hydrogen-bond acceptors (Lipinski definition) is 4. The molecule has 3 rings (SSSR count). The predicted octanol–water partition coefficient (Wildman–Crippen LogP) is 3.66. The minimum atomic E-state index is -0.644. The molecule has 1 aromatic carbocycles. The average molecular weight is 359 g/mol. The van der Waals surface area contributed by atoms with E-state index >= 15 is 0 Å². The van der Waals surface area contributed by atoms with Gasteiger partial charge in [0.1, 0.15) is 10.0 Å². The quantitative estimate of drug-likeness (QED) is 0.874. The van der Waals surface area contributed by atoms with Crippen LogP contribution in [0.15, 0.2) is 6.07 Å². The zero-order valence-corrected chi connectivity index (χ0v) is 13.9. The summed E-state index contributed by atoms with van der Waals surface area (Å²) in [5.74, 6) is -0.411. The number of fused-ring (bicyclic) bond motifs is 1. The molecule has 1 heterocycles. The van der Waals surface area contributed by atoms with Crippen LogP contribution in [-0.4, -0.2) is 18.9 Å². The van der Waals surface area contributed by atoms with Gasteiger partial charge in [0.05, 0.1) is 22.4 Å². The molecule has 2 aromatic rings. The number of primary amides is 1. The van der Waals surface area contributed by atoms with Crippen molar-refractivity contribution in [1.82, 2.24) is 0 Å². The fourth-order valence-electron chi connectivity index (χ4n) is 2.22. The summed E-state index contributed by atoms with van der Waals surface area (Å²) in [5.41, 5.74) is 5.68. The minimum absolute atomic E-state index is 0.0135. The van der Waals surface area contributed by atoms with Gasteiger partial charge in [0, 0.05) is 11.3 Å². The molecular weight excluding hydrogens is 347 g/mol. The molecule has 3 N–H and O–H groups in total. The number of anilines is 1. The average Bonchev–Trinajstić information content (AvgIpc) is 3.22.